The van der Waals surface area contributed by atoms with Crippen LogP contribution in [-0.2, 0) is 13.6 Å². The van der Waals surface area contributed by atoms with Crippen molar-refractivity contribution in [2.24, 2.45) is 7.05 Å². The molecule has 0 aliphatic carbocycles. The minimum atomic E-state index is -0.391. The van der Waals surface area contributed by atoms with Gasteiger partial charge in [0.1, 0.15) is 5.52 Å². The number of aromatic nitrogens is 4. The molecule has 0 amide bonds. The number of rotatable bonds is 5. The fourth-order valence-corrected chi connectivity index (χ4v) is 3.25. The highest BCUT2D eigenvalue weighted by Crippen LogP contribution is 2.37. The summed E-state index contributed by atoms with van der Waals surface area (Å²) in [6, 6.07) is 3.76. The zero-order valence-electron chi connectivity index (χ0n) is 15.0. The Bertz CT molecular complexity index is 1120. The molecule has 0 unspecified atom stereocenters. The Morgan fingerprint density at radius 2 is 2.11 bits per heavy atom. The smallest absolute Gasteiger partial charge is 0.231 e. The van der Waals surface area contributed by atoms with Crippen LogP contribution in [0.25, 0.3) is 11.2 Å². The molecule has 7 nitrogen and oxygen atoms in total. The minimum absolute atomic E-state index is 0.182. The highest BCUT2D eigenvalue weighted by atomic mass is 32.1. The van der Waals surface area contributed by atoms with Crippen LogP contribution in [0.2, 0.25) is 0 Å². The Morgan fingerprint density at radius 3 is 2.85 bits per heavy atom. The van der Waals surface area contributed by atoms with E-state index in [-0.39, 0.29) is 13.2 Å². The van der Waals surface area contributed by atoms with Crippen molar-refractivity contribution in [1.29, 1.82) is 0 Å². The maximum atomic E-state index is 13.1. The molecule has 140 valence electrons. The molecule has 0 bridgehead atoms. The van der Waals surface area contributed by atoms with E-state index in [1.54, 1.807) is 15.3 Å². The van der Waals surface area contributed by atoms with E-state index in [1.807, 2.05) is 26.1 Å². The fourth-order valence-electron chi connectivity index (χ4n) is 2.97. The lowest BCUT2D eigenvalue weighted by atomic mass is 10.2. The van der Waals surface area contributed by atoms with Gasteiger partial charge >= 0.3 is 0 Å². The first-order valence-corrected chi connectivity index (χ1v) is 8.77. The number of imidazole rings is 1. The molecule has 1 aliphatic rings. The summed E-state index contributed by atoms with van der Waals surface area (Å²) >= 11 is 5.45. The molecule has 3 heterocycles. The number of hydrogen-bond acceptors (Lipinski definition) is 6. The summed E-state index contributed by atoms with van der Waals surface area (Å²) in [6.07, 6.45) is 1.88. The van der Waals surface area contributed by atoms with Gasteiger partial charge < -0.3 is 23.9 Å². The summed E-state index contributed by atoms with van der Waals surface area (Å²) in [5, 5.41) is 3.21. The number of halogens is 1. The van der Waals surface area contributed by atoms with Gasteiger partial charge in [-0.1, -0.05) is 6.58 Å². The zero-order valence-corrected chi connectivity index (χ0v) is 15.8. The molecule has 27 heavy (non-hydrogen) atoms. The first-order chi connectivity index (χ1) is 12.9. The van der Waals surface area contributed by atoms with Crippen molar-refractivity contribution in [3.63, 3.8) is 0 Å². The molecule has 3 aromatic rings. The quantitative estimate of drug-likeness (QED) is 0.664. The largest absolute Gasteiger partial charge is 0.454 e. The third-order valence-corrected chi connectivity index (χ3v) is 4.95. The lowest BCUT2D eigenvalue weighted by Gasteiger charge is -2.10. The average Bonchev–Trinajstić information content (AvgIpc) is 3.17. The van der Waals surface area contributed by atoms with Crippen molar-refractivity contribution < 1.29 is 13.9 Å². The average molecular weight is 387 g/mol. The van der Waals surface area contributed by atoms with Crippen LogP contribution in [0.15, 0.2) is 30.7 Å². The van der Waals surface area contributed by atoms with Gasteiger partial charge in [-0.2, -0.15) is 4.98 Å². The molecular weight excluding hydrogens is 369 g/mol. The molecule has 0 saturated carbocycles. The normalized spacial score (nSPS) is 12.6. The minimum Gasteiger partial charge on any atom is -0.454 e. The van der Waals surface area contributed by atoms with Crippen molar-refractivity contribution in [2.75, 3.05) is 12.1 Å². The van der Waals surface area contributed by atoms with Crippen molar-refractivity contribution in [2.45, 2.75) is 19.9 Å². The Kier molecular flexibility index (Phi) is 4.31. The maximum Gasteiger partial charge on any atom is 0.231 e. The van der Waals surface area contributed by atoms with Crippen LogP contribution in [0.5, 0.6) is 11.5 Å². The van der Waals surface area contributed by atoms with E-state index in [9.17, 15) is 4.39 Å². The van der Waals surface area contributed by atoms with Crippen LogP contribution in [0.1, 0.15) is 12.0 Å². The van der Waals surface area contributed by atoms with Crippen LogP contribution >= 0.6 is 12.2 Å². The van der Waals surface area contributed by atoms with Crippen molar-refractivity contribution in [1.82, 2.24) is 19.1 Å². The Balaban J connectivity index is 1.72. The molecule has 0 atom stereocenters. The highest BCUT2D eigenvalue weighted by Gasteiger charge is 2.17. The lowest BCUT2D eigenvalue weighted by Crippen LogP contribution is -2.03. The summed E-state index contributed by atoms with van der Waals surface area (Å²) in [5.41, 5.74) is 3.20. The zero-order chi connectivity index (χ0) is 19.1. The summed E-state index contributed by atoms with van der Waals surface area (Å²) in [4.78, 5) is 8.97. The van der Waals surface area contributed by atoms with E-state index < -0.39 is 5.83 Å². The standard InChI is InChI=1S/C18H18FN5O2S/c1-10-6-14-15(26-9-25-14)7-12(10)21-17-20-8-13-16(22-17)24(5-4-11(2)19)18(27)23(13)3/h6-8H,2,4-5,9H2,1,3H3,(H,20,21,22). The number of allylic oxidation sites excluding steroid dienone is 1. The van der Waals surface area contributed by atoms with E-state index in [1.165, 1.54) is 0 Å². The van der Waals surface area contributed by atoms with E-state index >= 15 is 0 Å². The monoisotopic (exact) mass is 387 g/mol. The van der Waals surface area contributed by atoms with Gasteiger partial charge in [-0.3, -0.25) is 0 Å². The molecule has 2 aromatic heterocycles. The van der Waals surface area contributed by atoms with Crippen LogP contribution in [0, 0.1) is 11.7 Å². The molecule has 1 N–H and O–H groups in total. The number of benzene rings is 1. The van der Waals surface area contributed by atoms with Gasteiger partial charge in [0, 0.05) is 31.8 Å². The number of ether oxygens (including phenoxy) is 2. The predicted molar refractivity (Wildman–Crippen MR) is 103 cm³/mol. The second-order valence-electron chi connectivity index (χ2n) is 6.31. The third kappa shape index (κ3) is 3.14. The van der Waals surface area contributed by atoms with E-state index in [4.69, 9.17) is 21.7 Å². The topological polar surface area (TPSA) is 66.1 Å². The van der Waals surface area contributed by atoms with Gasteiger partial charge in [0.15, 0.2) is 21.9 Å². The number of nitrogens with one attached hydrogen (secondary N) is 1. The van der Waals surface area contributed by atoms with Crippen LogP contribution in [0.4, 0.5) is 16.0 Å². The van der Waals surface area contributed by atoms with Crippen LogP contribution in [-0.4, -0.2) is 25.9 Å². The fraction of sp³-hybridized carbons (Fsp3) is 0.278. The number of aryl methyl sites for hydroxylation is 3. The maximum absolute atomic E-state index is 13.1. The van der Waals surface area contributed by atoms with E-state index in [0.717, 1.165) is 22.5 Å². The summed E-state index contributed by atoms with van der Waals surface area (Å²) in [7, 11) is 1.84. The van der Waals surface area contributed by atoms with Gasteiger partial charge in [0.05, 0.1) is 12.0 Å². The van der Waals surface area contributed by atoms with Crippen molar-refractivity contribution >= 4 is 35.0 Å². The Morgan fingerprint density at radius 1 is 1.37 bits per heavy atom. The van der Waals surface area contributed by atoms with E-state index in [2.05, 4.69) is 21.9 Å². The Labute approximate surface area is 160 Å². The second kappa shape index (κ2) is 6.66. The number of fused-ring (bicyclic) bond motifs is 2. The van der Waals surface area contributed by atoms with Crippen molar-refractivity contribution in [3.05, 3.63) is 41.1 Å². The van der Waals surface area contributed by atoms with Gasteiger partial charge in [0.25, 0.3) is 0 Å². The second-order valence-corrected chi connectivity index (χ2v) is 6.67. The summed E-state index contributed by atoms with van der Waals surface area (Å²) < 4.78 is 28.1. The molecule has 0 saturated heterocycles. The number of hydrogen-bond donors (Lipinski definition) is 1. The third-order valence-electron chi connectivity index (χ3n) is 4.46. The molecule has 0 spiro atoms. The van der Waals surface area contributed by atoms with Crippen LogP contribution in [0.3, 0.4) is 0 Å². The molecule has 4 rings (SSSR count). The SMILES string of the molecule is C=C(F)CCn1c(=S)n(C)c2cnc(Nc3cc4c(cc3C)OCO4)nc21. The summed E-state index contributed by atoms with van der Waals surface area (Å²) in [5.74, 6) is 1.42. The Hall–Kier alpha value is -2.94. The van der Waals surface area contributed by atoms with Gasteiger partial charge in [-0.15, -0.1) is 0 Å². The molecule has 0 radical (unpaired) electrons. The molecule has 9 heteroatoms. The highest BCUT2D eigenvalue weighted by molar-refractivity contribution is 7.71. The van der Waals surface area contributed by atoms with Gasteiger partial charge in [0.2, 0.25) is 12.7 Å². The lowest BCUT2D eigenvalue weighted by molar-refractivity contribution is 0.174. The van der Waals surface area contributed by atoms with Crippen LogP contribution < -0.4 is 14.8 Å². The molecule has 1 aromatic carbocycles. The molecule has 0 fully saturated rings. The first-order valence-electron chi connectivity index (χ1n) is 8.37. The molecular formula is C18H18FN5O2S. The van der Waals surface area contributed by atoms with E-state index in [0.29, 0.717) is 28.7 Å². The first kappa shape index (κ1) is 17.5. The van der Waals surface area contributed by atoms with Crippen molar-refractivity contribution in [3.8, 4) is 11.5 Å². The molecule has 1 aliphatic heterocycles. The van der Waals surface area contributed by atoms with Gasteiger partial charge in [-0.05, 0) is 30.8 Å². The number of anilines is 2. The summed E-state index contributed by atoms with van der Waals surface area (Å²) in [6.45, 7) is 5.85. The predicted octanol–water partition coefficient (Wildman–Crippen LogP) is 4.15. The van der Waals surface area contributed by atoms with Gasteiger partial charge in [-0.25, -0.2) is 9.37 Å². The number of nitrogens with zero attached hydrogens (tertiary/aromatic N) is 4.